The molecular formula is C21H16N4OS. The van der Waals surface area contributed by atoms with Crippen LogP contribution in [0.3, 0.4) is 0 Å². The minimum absolute atomic E-state index is 0.651. The Morgan fingerprint density at radius 1 is 1.07 bits per heavy atom. The second-order valence-corrected chi connectivity index (χ2v) is 7.29. The lowest BCUT2D eigenvalue weighted by molar-refractivity contribution is 0.489. The molecule has 0 radical (unpaired) electrons. The van der Waals surface area contributed by atoms with E-state index >= 15 is 0 Å². The van der Waals surface area contributed by atoms with E-state index in [1.165, 1.54) is 5.56 Å². The van der Waals surface area contributed by atoms with Gasteiger partial charge in [0, 0.05) is 29.9 Å². The molecule has 4 aromatic heterocycles. The molecule has 0 fully saturated rings. The number of benzene rings is 1. The van der Waals surface area contributed by atoms with Crippen LogP contribution in [0.15, 0.2) is 76.8 Å². The molecule has 0 saturated carbocycles. The van der Waals surface area contributed by atoms with Gasteiger partial charge in [0.25, 0.3) is 5.22 Å². The second-order valence-electron chi connectivity index (χ2n) is 6.37. The third-order valence-electron chi connectivity index (χ3n) is 4.35. The average molecular weight is 372 g/mol. The molecule has 5 nitrogen and oxygen atoms in total. The van der Waals surface area contributed by atoms with Crippen molar-refractivity contribution in [3.8, 4) is 11.3 Å². The van der Waals surface area contributed by atoms with Crippen molar-refractivity contribution in [3.05, 3.63) is 78.4 Å². The molecule has 0 bridgehead atoms. The summed E-state index contributed by atoms with van der Waals surface area (Å²) >= 11 is 1.55. The van der Waals surface area contributed by atoms with Crippen molar-refractivity contribution in [1.29, 1.82) is 0 Å². The molecule has 5 rings (SSSR count). The number of thioether (sulfide) groups is 1. The van der Waals surface area contributed by atoms with Gasteiger partial charge in [-0.3, -0.25) is 4.98 Å². The molecule has 0 aliphatic heterocycles. The normalized spacial score (nSPS) is 11.4. The van der Waals surface area contributed by atoms with Gasteiger partial charge in [0.15, 0.2) is 5.58 Å². The van der Waals surface area contributed by atoms with E-state index in [0.29, 0.717) is 5.22 Å². The molecule has 0 atom stereocenters. The van der Waals surface area contributed by atoms with Crippen LogP contribution in [-0.2, 0) is 5.75 Å². The van der Waals surface area contributed by atoms with Gasteiger partial charge in [-0.25, -0.2) is 9.97 Å². The molecule has 0 aliphatic carbocycles. The van der Waals surface area contributed by atoms with Crippen LogP contribution < -0.4 is 0 Å². The van der Waals surface area contributed by atoms with Crippen LogP contribution in [0, 0.1) is 6.92 Å². The number of aryl methyl sites for hydroxylation is 1. The summed E-state index contributed by atoms with van der Waals surface area (Å²) in [5, 5.41) is 0.651. The molecule has 0 spiro atoms. The molecule has 132 valence electrons. The van der Waals surface area contributed by atoms with Crippen molar-refractivity contribution < 1.29 is 4.42 Å². The average Bonchev–Trinajstić information content (AvgIpc) is 3.29. The molecule has 0 N–H and O–H groups in total. The number of imidazole rings is 1. The first-order valence-electron chi connectivity index (χ1n) is 8.64. The van der Waals surface area contributed by atoms with Gasteiger partial charge in [0.05, 0.1) is 11.4 Å². The fraction of sp³-hybridized carbons (Fsp3) is 0.0952. The van der Waals surface area contributed by atoms with Crippen molar-refractivity contribution in [2.75, 3.05) is 0 Å². The molecule has 0 amide bonds. The van der Waals surface area contributed by atoms with Crippen LogP contribution >= 0.6 is 11.8 Å². The van der Waals surface area contributed by atoms with Gasteiger partial charge in [0.2, 0.25) is 0 Å². The zero-order chi connectivity index (χ0) is 18.2. The van der Waals surface area contributed by atoms with E-state index in [1.54, 1.807) is 18.0 Å². The summed E-state index contributed by atoms with van der Waals surface area (Å²) in [6.07, 6.45) is 5.86. The standard InChI is InChI=1S/C21H16N4OS/c1-14-7-9-25-12-18(23-20(25)10-14)15-5-6-19-17(11-15)24-21(26-19)27-13-16-4-2-3-8-22-16/h2-12H,13H2,1H3. The molecule has 4 heterocycles. The molecule has 27 heavy (non-hydrogen) atoms. The first-order valence-corrected chi connectivity index (χ1v) is 9.62. The maximum Gasteiger partial charge on any atom is 0.257 e. The van der Waals surface area contributed by atoms with E-state index in [2.05, 4.69) is 29.0 Å². The first-order chi connectivity index (χ1) is 13.2. The van der Waals surface area contributed by atoms with Crippen molar-refractivity contribution in [2.45, 2.75) is 17.9 Å². The number of hydrogen-bond acceptors (Lipinski definition) is 5. The van der Waals surface area contributed by atoms with Crippen molar-refractivity contribution >= 4 is 28.5 Å². The SMILES string of the molecule is Cc1ccn2cc(-c3ccc4oc(SCc5ccccn5)nc4c3)nc2c1. The lowest BCUT2D eigenvalue weighted by Gasteiger charge is -1.95. The molecule has 1 aromatic carbocycles. The summed E-state index contributed by atoms with van der Waals surface area (Å²) in [6, 6.07) is 16.0. The highest BCUT2D eigenvalue weighted by Gasteiger charge is 2.10. The minimum Gasteiger partial charge on any atom is -0.431 e. The topological polar surface area (TPSA) is 56.2 Å². The van der Waals surface area contributed by atoms with Gasteiger partial charge in [-0.1, -0.05) is 17.8 Å². The predicted molar refractivity (Wildman–Crippen MR) is 107 cm³/mol. The van der Waals surface area contributed by atoms with Crippen molar-refractivity contribution in [2.24, 2.45) is 0 Å². The van der Waals surface area contributed by atoms with Gasteiger partial charge >= 0.3 is 0 Å². The summed E-state index contributed by atoms with van der Waals surface area (Å²) in [5.74, 6) is 0.728. The lowest BCUT2D eigenvalue weighted by Crippen LogP contribution is -1.84. The summed E-state index contributed by atoms with van der Waals surface area (Å²) in [7, 11) is 0. The Morgan fingerprint density at radius 2 is 2.04 bits per heavy atom. The summed E-state index contributed by atoms with van der Waals surface area (Å²) in [4.78, 5) is 13.7. The van der Waals surface area contributed by atoms with Crippen molar-refractivity contribution in [1.82, 2.24) is 19.4 Å². The number of aromatic nitrogens is 4. The number of rotatable bonds is 4. The molecular weight excluding hydrogens is 356 g/mol. The largest absolute Gasteiger partial charge is 0.431 e. The zero-order valence-corrected chi connectivity index (χ0v) is 15.5. The van der Waals surface area contributed by atoms with Gasteiger partial charge in [-0.2, -0.15) is 0 Å². The number of oxazole rings is 1. The highest BCUT2D eigenvalue weighted by atomic mass is 32.2. The molecule has 0 saturated heterocycles. The lowest BCUT2D eigenvalue weighted by atomic mass is 10.1. The minimum atomic E-state index is 0.651. The monoisotopic (exact) mass is 372 g/mol. The van der Waals surface area contributed by atoms with E-state index < -0.39 is 0 Å². The zero-order valence-electron chi connectivity index (χ0n) is 14.7. The molecule has 0 unspecified atom stereocenters. The third-order valence-corrected chi connectivity index (χ3v) is 5.21. The summed E-state index contributed by atoms with van der Waals surface area (Å²) < 4.78 is 7.88. The van der Waals surface area contributed by atoms with E-state index in [0.717, 1.165) is 39.5 Å². The molecule has 6 heteroatoms. The summed E-state index contributed by atoms with van der Waals surface area (Å²) in [5.41, 5.74) is 6.71. The highest BCUT2D eigenvalue weighted by Crippen LogP contribution is 2.29. The van der Waals surface area contributed by atoms with E-state index in [9.17, 15) is 0 Å². The number of pyridine rings is 2. The Morgan fingerprint density at radius 3 is 2.93 bits per heavy atom. The maximum absolute atomic E-state index is 5.85. The predicted octanol–water partition coefficient (Wildman–Crippen LogP) is 5.14. The fourth-order valence-electron chi connectivity index (χ4n) is 2.97. The van der Waals surface area contributed by atoms with Crippen LogP contribution in [0.25, 0.3) is 28.0 Å². The van der Waals surface area contributed by atoms with Crippen LogP contribution in [0.4, 0.5) is 0 Å². The maximum atomic E-state index is 5.85. The Kier molecular flexibility index (Phi) is 3.90. The number of fused-ring (bicyclic) bond motifs is 2. The van der Waals surface area contributed by atoms with E-state index in [-0.39, 0.29) is 0 Å². The van der Waals surface area contributed by atoms with Gasteiger partial charge in [-0.15, -0.1) is 0 Å². The molecule has 5 aromatic rings. The van der Waals surface area contributed by atoms with Crippen LogP contribution in [-0.4, -0.2) is 19.4 Å². The number of nitrogens with zero attached hydrogens (tertiary/aromatic N) is 4. The Labute approximate surface area is 160 Å². The number of hydrogen-bond donors (Lipinski definition) is 0. The molecule has 0 aliphatic rings. The van der Waals surface area contributed by atoms with Crippen molar-refractivity contribution in [3.63, 3.8) is 0 Å². The van der Waals surface area contributed by atoms with Crippen LogP contribution in [0.2, 0.25) is 0 Å². The van der Waals surface area contributed by atoms with Gasteiger partial charge < -0.3 is 8.82 Å². The Balaban J connectivity index is 1.44. The van der Waals surface area contributed by atoms with Gasteiger partial charge in [-0.05, 0) is 55.0 Å². The van der Waals surface area contributed by atoms with Crippen LogP contribution in [0.1, 0.15) is 11.3 Å². The van der Waals surface area contributed by atoms with E-state index in [4.69, 9.17) is 9.40 Å². The second kappa shape index (κ2) is 6.55. The van der Waals surface area contributed by atoms with Gasteiger partial charge in [0.1, 0.15) is 11.2 Å². The third kappa shape index (κ3) is 3.19. The summed E-state index contributed by atoms with van der Waals surface area (Å²) in [6.45, 7) is 2.07. The van der Waals surface area contributed by atoms with E-state index in [1.807, 2.05) is 53.2 Å². The van der Waals surface area contributed by atoms with Crippen LogP contribution in [0.5, 0.6) is 0 Å². The highest BCUT2D eigenvalue weighted by molar-refractivity contribution is 7.98. The first kappa shape index (κ1) is 16.1. The Bertz CT molecular complexity index is 1240. The smallest absolute Gasteiger partial charge is 0.257 e. The Hall–Kier alpha value is -3.12. The quantitative estimate of drug-likeness (QED) is 0.409. The fourth-order valence-corrected chi connectivity index (χ4v) is 3.72.